The number of hydrogen-bond acceptors (Lipinski definition) is 3. The molecule has 0 bridgehead atoms. The number of rotatable bonds is 5. The van der Waals surface area contributed by atoms with Gasteiger partial charge in [-0.1, -0.05) is 22.0 Å². The highest BCUT2D eigenvalue weighted by Gasteiger charge is 2.13. The summed E-state index contributed by atoms with van der Waals surface area (Å²) in [5, 5.41) is 5.32. The molecule has 6 heteroatoms. The first-order valence-electron chi connectivity index (χ1n) is 6.43. The Morgan fingerprint density at radius 2 is 2.10 bits per heavy atom. The van der Waals surface area contributed by atoms with Crippen molar-refractivity contribution in [3.63, 3.8) is 0 Å². The van der Waals surface area contributed by atoms with Crippen molar-refractivity contribution < 1.29 is 14.0 Å². The van der Waals surface area contributed by atoms with Crippen LogP contribution in [0.1, 0.15) is 29.1 Å². The van der Waals surface area contributed by atoms with E-state index in [0.717, 1.165) is 4.47 Å². The quantitative estimate of drug-likeness (QED) is 0.870. The number of hydrogen-bond donors (Lipinski definition) is 2. The minimum absolute atomic E-state index is 0.0869. The van der Waals surface area contributed by atoms with E-state index in [1.165, 1.54) is 0 Å². The van der Waals surface area contributed by atoms with Crippen LogP contribution < -0.4 is 10.6 Å². The molecule has 0 aliphatic heterocycles. The molecule has 1 aromatic carbocycles. The van der Waals surface area contributed by atoms with Gasteiger partial charge >= 0.3 is 0 Å². The van der Waals surface area contributed by atoms with Gasteiger partial charge in [0.2, 0.25) is 5.91 Å². The molecule has 0 saturated heterocycles. The maximum absolute atomic E-state index is 11.9. The predicted octanol–water partition coefficient (Wildman–Crippen LogP) is 2.65. The third kappa shape index (κ3) is 4.46. The average Bonchev–Trinajstić information content (AvgIpc) is 2.99. The lowest BCUT2D eigenvalue weighted by Gasteiger charge is -2.12. The number of furan rings is 1. The highest BCUT2D eigenvalue weighted by atomic mass is 79.9. The molecule has 21 heavy (non-hydrogen) atoms. The second kappa shape index (κ2) is 7.08. The van der Waals surface area contributed by atoms with Crippen LogP contribution in [0.4, 0.5) is 0 Å². The van der Waals surface area contributed by atoms with E-state index in [2.05, 4.69) is 26.6 Å². The second-order valence-corrected chi connectivity index (χ2v) is 5.41. The summed E-state index contributed by atoms with van der Waals surface area (Å²) >= 11 is 3.30. The molecule has 0 unspecified atom stereocenters. The van der Waals surface area contributed by atoms with E-state index in [0.29, 0.717) is 11.3 Å². The Labute approximate surface area is 130 Å². The van der Waals surface area contributed by atoms with E-state index >= 15 is 0 Å². The van der Waals surface area contributed by atoms with Crippen LogP contribution in [-0.2, 0) is 4.79 Å². The van der Waals surface area contributed by atoms with E-state index in [-0.39, 0.29) is 24.4 Å². The molecule has 0 fully saturated rings. The van der Waals surface area contributed by atoms with Gasteiger partial charge in [0.15, 0.2) is 0 Å². The maximum atomic E-state index is 11.9. The van der Waals surface area contributed by atoms with Crippen molar-refractivity contribution in [1.82, 2.24) is 10.6 Å². The summed E-state index contributed by atoms with van der Waals surface area (Å²) in [6, 6.07) is 10.3. The summed E-state index contributed by atoms with van der Waals surface area (Å²) in [7, 11) is 0. The predicted molar refractivity (Wildman–Crippen MR) is 81.7 cm³/mol. The van der Waals surface area contributed by atoms with Crippen molar-refractivity contribution in [3.8, 4) is 0 Å². The standard InChI is InChI=1S/C15H15BrN2O3/c1-10(13-6-3-7-21-13)18-14(19)9-17-15(20)11-4-2-5-12(16)8-11/h2-8,10H,9H2,1H3,(H,17,20)(H,18,19)/t10-/m0/s1. The lowest BCUT2D eigenvalue weighted by Crippen LogP contribution is -2.37. The third-order valence-electron chi connectivity index (χ3n) is 2.84. The van der Waals surface area contributed by atoms with E-state index in [1.54, 1.807) is 36.6 Å². The summed E-state index contributed by atoms with van der Waals surface area (Å²) in [4.78, 5) is 23.7. The smallest absolute Gasteiger partial charge is 0.251 e. The van der Waals surface area contributed by atoms with Gasteiger partial charge in [-0.3, -0.25) is 9.59 Å². The van der Waals surface area contributed by atoms with Crippen LogP contribution in [0, 0.1) is 0 Å². The zero-order chi connectivity index (χ0) is 15.2. The minimum Gasteiger partial charge on any atom is -0.467 e. The van der Waals surface area contributed by atoms with E-state index in [4.69, 9.17) is 4.42 Å². The van der Waals surface area contributed by atoms with Crippen molar-refractivity contribution in [2.24, 2.45) is 0 Å². The first kappa shape index (κ1) is 15.3. The largest absolute Gasteiger partial charge is 0.467 e. The fourth-order valence-corrected chi connectivity index (χ4v) is 2.19. The van der Waals surface area contributed by atoms with Gasteiger partial charge in [0.1, 0.15) is 5.76 Å². The highest BCUT2D eigenvalue weighted by Crippen LogP contribution is 2.12. The number of amides is 2. The molecule has 2 amide bonds. The Morgan fingerprint density at radius 3 is 2.76 bits per heavy atom. The summed E-state index contributed by atoms with van der Waals surface area (Å²) in [5.41, 5.74) is 0.497. The van der Waals surface area contributed by atoms with Crippen LogP contribution in [0.3, 0.4) is 0 Å². The fraction of sp³-hybridized carbons (Fsp3) is 0.200. The van der Waals surface area contributed by atoms with Crippen molar-refractivity contribution >= 4 is 27.7 Å². The minimum atomic E-state index is -0.294. The van der Waals surface area contributed by atoms with Gasteiger partial charge in [-0.05, 0) is 37.3 Å². The fourth-order valence-electron chi connectivity index (χ4n) is 1.79. The SMILES string of the molecule is C[C@H](NC(=O)CNC(=O)c1cccc(Br)c1)c1ccco1. The molecule has 0 saturated carbocycles. The molecule has 2 aromatic rings. The lowest BCUT2D eigenvalue weighted by molar-refractivity contribution is -0.120. The number of benzene rings is 1. The van der Waals surface area contributed by atoms with Crippen LogP contribution in [0.2, 0.25) is 0 Å². The molecule has 1 aromatic heterocycles. The Morgan fingerprint density at radius 1 is 1.29 bits per heavy atom. The Hall–Kier alpha value is -2.08. The van der Waals surface area contributed by atoms with E-state index in [1.807, 2.05) is 13.0 Å². The van der Waals surface area contributed by atoms with Gasteiger partial charge in [-0.25, -0.2) is 0 Å². The molecule has 0 aliphatic rings. The van der Waals surface area contributed by atoms with Crippen molar-refractivity contribution in [3.05, 3.63) is 58.5 Å². The summed E-state index contributed by atoms with van der Waals surface area (Å²) in [6.07, 6.45) is 1.55. The zero-order valence-electron chi connectivity index (χ0n) is 11.4. The molecule has 0 spiro atoms. The van der Waals surface area contributed by atoms with Gasteiger partial charge in [0.05, 0.1) is 18.8 Å². The highest BCUT2D eigenvalue weighted by molar-refractivity contribution is 9.10. The number of halogens is 1. The Balaban J connectivity index is 1.82. The van der Waals surface area contributed by atoms with Gasteiger partial charge in [0, 0.05) is 10.0 Å². The second-order valence-electron chi connectivity index (χ2n) is 4.50. The summed E-state index contributed by atoms with van der Waals surface area (Å²) < 4.78 is 6.01. The molecule has 2 rings (SSSR count). The normalized spacial score (nSPS) is 11.7. The monoisotopic (exact) mass is 350 g/mol. The molecule has 1 heterocycles. The molecule has 5 nitrogen and oxygen atoms in total. The van der Waals surface area contributed by atoms with Crippen molar-refractivity contribution in [2.45, 2.75) is 13.0 Å². The first-order chi connectivity index (χ1) is 10.1. The Bertz CT molecular complexity index is 626. The molecule has 2 N–H and O–H groups in total. The maximum Gasteiger partial charge on any atom is 0.251 e. The molecule has 110 valence electrons. The van der Waals surface area contributed by atoms with E-state index < -0.39 is 0 Å². The molecular formula is C15H15BrN2O3. The lowest BCUT2D eigenvalue weighted by atomic mass is 10.2. The van der Waals surface area contributed by atoms with Gasteiger partial charge < -0.3 is 15.1 Å². The summed E-state index contributed by atoms with van der Waals surface area (Å²) in [6.45, 7) is 1.73. The van der Waals surface area contributed by atoms with Gasteiger partial charge in [0.25, 0.3) is 5.91 Å². The van der Waals surface area contributed by atoms with Crippen LogP contribution in [-0.4, -0.2) is 18.4 Å². The van der Waals surface area contributed by atoms with Crippen LogP contribution in [0.5, 0.6) is 0 Å². The van der Waals surface area contributed by atoms with Crippen molar-refractivity contribution in [2.75, 3.05) is 6.54 Å². The molecule has 1 atom stereocenters. The van der Waals surface area contributed by atoms with E-state index in [9.17, 15) is 9.59 Å². The zero-order valence-corrected chi connectivity index (χ0v) is 13.0. The first-order valence-corrected chi connectivity index (χ1v) is 7.22. The molecule has 0 aliphatic carbocycles. The van der Waals surface area contributed by atoms with Crippen LogP contribution in [0.25, 0.3) is 0 Å². The van der Waals surface area contributed by atoms with Crippen LogP contribution in [0.15, 0.2) is 51.6 Å². The summed E-state index contributed by atoms with van der Waals surface area (Å²) in [5.74, 6) is 0.0982. The number of carbonyl (C=O) groups is 2. The van der Waals surface area contributed by atoms with Crippen molar-refractivity contribution in [1.29, 1.82) is 0 Å². The van der Waals surface area contributed by atoms with Gasteiger partial charge in [-0.2, -0.15) is 0 Å². The Kier molecular flexibility index (Phi) is 5.16. The molecule has 0 radical (unpaired) electrons. The average molecular weight is 351 g/mol. The third-order valence-corrected chi connectivity index (χ3v) is 3.34. The topological polar surface area (TPSA) is 71.3 Å². The molecular weight excluding hydrogens is 336 g/mol. The van der Waals surface area contributed by atoms with Crippen LogP contribution >= 0.6 is 15.9 Å². The number of carbonyl (C=O) groups excluding carboxylic acids is 2. The number of nitrogens with one attached hydrogen (secondary N) is 2. The van der Waals surface area contributed by atoms with Gasteiger partial charge in [-0.15, -0.1) is 0 Å².